The third-order valence-electron chi connectivity index (χ3n) is 5.21. The lowest BCUT2D eigenvalue weighted by atomic mass is 10.0. The highest BCUT2D eigenvalue weighted by atomic mass is 15.3. The Morgan fingerprint density at radius 2 is 1.88 bits per heavy atom. The van der Waals surface area contributed by atoms with E-state index in [1.807, 2.05) is 0 Å². The molecule has 3 nitrogen and oxygen atoms in total. The molecule has 3 aromatic rings. The summed E-state index contributed by atoms with van der Waals surface area (Å²) in [6.07, 6.45) is 3.49. The molecule has 0 amide bonds. The second kappa shape index (κ2) is 6.99. The van der Waals surface area contributed by atoms with Crippen molar-refractivity contribution in [3.63, 3.8) is 0 Å². The molecule has 0 saturated heterocycles. The van der Waals surface area contributed by atoms with Crippen molar-refractivity contribution in [2.45, 2.75) is 46.0 Å². The maximum atomic E-state index is 5.11. The van der Waals surface area contributed by atoms with Gasteiger partial charge in [-0.15, -0.1) is 0 Å². The van der Waals surface area contributed by atoms with E-state index in [1.54, 1.807) is 0 Å². The van der Waals surface area contributed by atoms with Gasteiger partial charge in [0.05, 0.1) is 11.4 Å². The number of aromatic nitrogens is 2. The number of fused-ring (bicyclic) bond motifs is 1. The van der Waals surface area contributed by atoms with Gasteiger partial charge in [0.1, 0.15) is 5.82 Å². The molecule has 0 spiro atoms. The van der Waals surface area contributed by atoms with Gasteiger partial charge in [0.25, 0.3) is 0 Å². The molecule has 0 bridgehead atoms. The Morgan fingerprint density at radius 3 is 2.69 bits per heavy atom. The summed E-state index contributed by atoms with van der Waals surface area (Å²) in [7, 11) is 0. The van der Waals surface area contributed by atoms with Gasteiger partial charge in [-0.25, -0.2) is 4.68 Å². The molecule has 3 heteroatoms. The minimum atomic E-state index is 0.458. The van der Waals surface area contributed by atoms with E-state index in [9.17, 15) is 0 Å². The van der Waals surface area contributed by atoms with Crippen molar-refractivity contribution in [3.05, 3.63) is 65.2 Å². The van der Waals surface area contributed by atoms with Crippen LogP contribution in [-0.4, -0.2) is 16.3 Å². The summed E-state index contributed by atoms with van der Waals surface area (Å²) in [5, 5.41) is 8.78. The van der Waals surface area contributed by atoms with E-state index in [-0.39, 0.29) is 0 Å². The number of hydrogen-bond acceptors (Lipinski definition) is 2. The lowest BCUT2D eigenvalue weighted by molar-refractivity contribution is 0.776. The molecule has 0 aliphatic carbocycles. The minimum absolute atomic E-state index is 0.458. The quantitative estimate of drug-likeness (QED) is 0.658. The molecule has 4 rings (SSSR count). The van der Waals surface area contributed by atoms with Crippen LogP contribution < -0.4 is 5.32 Å². The molecule has 0 radical (unpaired) electrons. The number of rotatable bonds is 3. The van der Waals surface area contributed by atoms with Gasteiger partial charge < -0.3 is 5.32 Å². The van der Waals surface area contributed by atoms with E-state index in [1.165, 1.54) is 46.6 Å². The van der Waals surface area contributed by atoms with Crippen LogP contribution in [0.15, 0.2) is 48.5 Å². The van der Waals surface area contributed by atoms with Crippen LogP contribution in [0, 0.1) is 6.92 Å². The molecule has 1 N–H and O–H groups in total. The lowest BCUT2D eigenvalue weighted by Crippen LogP contribution is -2.09. The standard InChI is InChI=1S/C23H27N3/c1-16(2)19-11-4-5-13-21(19)26-23-20(12-6-7-14-24-23)22(25-26)18-10-8-9-17(3)15-18/h4-5,8-11,13,15-16,24H,6-7,12,14H2,1-3H3. The summed E-state index contributed by atoms with van der Waals surface area (Å²) in [6, 6.07) is 17.3. The summed E-state index contributed by atoms with van der Waals surface area (Å²) < 4.78 is 2.15. The highest BCUT2D eigenvalue weighted by Gasteiger charge is 2.23. The van der Waals surface area contributed by atoms with Crippen LogP contribution in [0.1, 0.15) is 49.3 Å². The molecule has 0 fully saturated rings. The highest BCUT2D eigenvalue weighted by Crippen LogP contribution is 2.35. The Kier molecular flexibility index (Phi) is 4.54. The van der Waals surface area contributed by atoms with Crippen LogP contribution in [-0.2, 0) is 6.42 Å². The summed E-state index contributed by atoms with van der Waals surface area (Å²) in [5.74, 6) is 1.63. The number of nitrogens with zero attached hydrogens (tertiary/aromatic N) is 2. The molecule has 1 aromatic heterocycles. The normalized spacial score (nSPS) is 14.0. The van der Waals surface area contributed by atoms with Crippen LogP contribution in [0.4, 0.5) is 5.82 Å². The van der Waals surface area contributed by atoms with Gasteiger partial charge >= 0.3 is 0 Å². The Balaban J connectivity index is 1.94. The van der Waals surface area contributed by atoms with Crippen LogP contribution in [0.5, 0.6) is 0 Å². The Morgan fingerprint density at radius 1 is 1.04 bits per heavy atom. The molecule has 134 valence electrons. The van der Waals surface area contributed by atoms with Crippen molar-refractivity contribution in [3.8, 4) is 16.9 Å². The summed E-state index contributed by atoms with van der Waals surface area (Å²) >= 11 is 0. The second-order valence-corrected chi connectivity index (χ2v) is 7.55. The smallest absolute Gasteiger partial charge is 0.133 e. The van der Waals surface area contributed by atoms with E-state index in [4.69, 9.17) is 5.10 Å². The largest absolute Gasteiger partial charge is 0.370 e. The SMILES string of the molecule is Cc1cccc(-c2nn(-c3ccccc3C(C)C)c3c2CCCCN3)c1. The van der Waals surface area contributed by atoms with E-state index < -0.39 is 0 Å². The van der Waals surface area contributed by atoms with Crippen molar-refractivity contribution in [2.24, 2.45) is 0 Å². The monoisotopic (exact) mass is 345 g/mol. The molecule has 0 saturated carbocycles. The van der Waals surface area contributed by atoms with Crippen molar-refractivity contribution < 1.29 is 0 Å². The maximum absolute atomic E-state index is 5.11. The fraction of sp³-hybridized carbons (Fsp3) is 0.348. The van der Waals surface area contributed by atoms with Crippen molar-refractivity contribution in [1.82, 2.24) is 9.78 Å². The molecule has 0 atom stereocenters. The third-order valence-corrected chi connectivity index (χ3v) is 5.21. The zero-order chi connectivity index (χ0) is 18.1. The number of nitrogens with one attached hydrogen (secondary N) is 1. The topological polar surface area (TPSA) is 29.9 Å². The summed E-state index contributed by atoms with van der Waals surface area (Å²) in [4.78, 5) is 0. The number of para-hydroxylation sites is 1. The second-order valence-electron chi connectivity index (χ2n) is 7.55. The first kappa shape index (κ1) is 16.9. The van der Waals surface area contributed by atoms with E-state index in [0.717, 1.165) is 18.7 Å². The maximum Gasteiger partial charge on any atom is 0.133 e. The predicted molar refractivity (Wildman–Crippen MR) is 109 cm³/mol. The number of hydrogen-bond donors (Lipinski definition) is 1. The first-order valence-corrected chi connectivity index (χ1v) is 9.67. The van der Waals surface area contributed by atoms with Crippen molar-refractivity contribution in [2.75, 3.05) is 11.9 Å². The Labute approximate surface area is 156 Å². The zero-order valence-corrected chi connectivity index (χ0v) is 15.9. The summed E-state index contributed by atoms with van der Waals surface area (Å²) in [6.45, 7) is 7.65. The molecular formula is C23H27N3. The predicted octanol–water partition coefficient (Wildman–Crippen LogP) is 5.72. The number of aryl methyl sites for hydroxylation is 1. The lowest BCUT2D eigenvalue weighted by Gasteiger charge is -2.15. The molecule has 0 unspecified atom stereocenters. The van der Waals surface area contributed by atoms with Crippen LogP contribution >= 0.6 is 0 Å². The van der Waals surface area contributed by atoms with Crippen LogP contribution in [0.25, 0.3) is 16.9 Å². The average Bonchev–Trinajstić information content (AvgIpc) is 2.82. The fourth-order valence-corrected chi connectivity index (χ4v) is 3.87. The van der Waals surface area contributed by atoms with E-state index >= 15 is 0 Å². The molecule has 1 aliphatic heterocycles. The van der Waals surface area contributed by atoms with Gasteiger partial charge in [0.15, 0.2) is 0 Å². The fourth-order valence-electron chi connectivity index (χ4n) is 3.87. The number of anilines is 1. The Hall–Kier alpha value is -2.55. The van der Waals surface area contributed by atoms with Crippen molar-refractivity contribution >= 4 is 5.82 Å². The zero-order valence-electron chi connectivity index (χ0n) is 15.9. The van der Waals surface area contributed by atoms with Crippen molar-refractivity contribution in [1.29, 1.82) is 0 Å². The average molecular weight is 345 g/mol. The van der Waals surface area contributed by atoms with Gasteiger partial charge in [-0.3, -0.25) is 0 Å². The molecule has 2 aromatic carbocycles. The molecule has 26 heavy (non-hydrogen) atoms. The third kappa shape index (κ3) is 3.03. The van der Waals surface area contributed by atoms with Gasteiger partial charge in [0.2, 0.25) is 0 Å². The molecule has 2 heterocycles. The van der Waals surface area contributed by atoms with E-state index in [2.05, 4.69) is 79.3 Å². The minimum Gasteiger partial charge on any atom is -0.370 e. The molecule has 1 aliphatic rings. The van der Waals surface area contributed by atoms with Crippen LogP contribution in [0.2, 0.25) is 0 Å². The summed E-state index contributed by atoms with van der Waals surface area (Å²) in [5.41, 5.74) is 7.48. The van der Waals surface area contributed by atoms with Gasteiger partial charge in [-0.2, -0.15) is 5.10 Å². The van der Waals surface area contributed by atoms with Gasteiger partial charge in [-0.05, 0) is 49.8 Å². The Bertz CT molecular complexity index is 921. The molecular weight excluding hydrogens is 318 g/mol. The van der Waals surface area contributed by atoms with Crippen LogP contribution in [0.3, 0.4) is 0 Å². The highest BCUT2D eigenvalue weighted by molar-refractivity contribution is 5.72. The van der Waals surface area contributed by atoms with Gasteiger partial charge in [0, 0.05) is 17.7 Å². The first-order chi connectivity index (χ1) is 12.6. The number of benzene rings is 2. The van der Waals surface area contributed by atoms with E-state index in [0.29, 0.717) is 5.92 Å². The van der Waals surface area contributed by atoms with Gasteiger partial charge in [-0.1, -0.05) is 55.8 Å². The first-order valence-electron chi connectivity index (χ1n) is 9.67.